The molecule has 61 valence electrons. The zero-order valence-electron chi connectivity index (χ0n) is 6.45. The smallest absolute Gasteiger partial charge is 0.160 e. The first-order chi connectivity index (χ1) is 5.22. The highest BCUT2D eigenvalue weighted by Gasteiger charge is 2.06. The average molecular weight is 153 g/mol. The van der Waals surface area contributed by atoms with E-state index < -0.39 is 0 Å². The maximum atomic E-state index is 9.06. The van der Waals surface area contributed by atoms with Gasteiger partial charge in [-0.05, 0) is 12.5 Å². The molecule has 2 nitrogen and oxygen atoms in total. The Morgan fingerprint density at radius 3 is 2.27 bits per heavy atom. The molecule has 0 amide bonds. The Bertz CT molecular complexity index is 159. The van der Waals surface area contributed by atoms with Gasteiger partial charge in [-0.25, -0.2) is 0 Å². The maximum Gasteiger partial charge on any atom is 0.160 e. The number of aliphatic hydroxyl groups excluding tert-OH is 2. The lowest BCUT2D eigenvalue weighted by atomic mass is 10.2. The summed E-state index contributed by atoms with van der Waals surface area (Å²) in [7, 11) is 0. The van der Waals surface area contributed by atoms with Gasteiger partial charge >= 0.3 is 0 Å². The lowest BCUT2D eigenvalue weighted by Gasteiger charge is -2.03. The van der Waals surface area contributed by atoms with E-state index in [4.69, 9.17) is 10.2 Å². The van der Waals surface area contributed by atoms with Gasteiger partial charge in [0.15, 0.2) is 6.10 Å². The molecule has 0 atom stereocenters. The molecule has 0 aromatic carbocycles. The highest BCUT2D eigenvalue weighted by Crippen LogP contribution is 2.11. The third kappa shape index (κ3) is 4.39. The lowest BCUT2D eigenvalue weighted by molar-refractivity contribution is 0.248. The van der Waals surface area contributed by atoms with E-state index in [1.54, 1.807) is 6.08 Å². The Hall–Kier alpha value is -1.02. The minimum absolute atomic E-state index is 0.0538. The van der Waals surface area contributed by atoms with E-state index in [1.165, 1.54) is 12.2 Å². The van der Waals surface area contributed by atoms with Crippen LogP contribution in [0.2, 0.25) is 0 Å². The SMILES string of the molecule is C=CCC=C(O)[C](O)CC=C. The van der Waals surface area contributed by atoms with Crippen molar-refractivity contribution in [3.63, 3.8) is 0 Å². The van der Waals surface area contributed by atoms with E-state index in [0.717, 1.165) is 0 Å². The summed E-state index contributed by atoms with van der Waals surface area (Å²) in [5.41, 5.74) is 0. The van der Waals surface area contributed by atoms with Crippen LogP contribution in [0.5, 0.6) is 0 Å². The first-order valence-electron chi connectivity index (χ1n) is 3.38. The Morgan fingerprint density at radius 1 is 1.18 bits per heavy atom. The third-order valence-electron chi connectivity index (χ3n) is 1.11. The highest BCUT2D eigenvalue weighted by atomic mass is 16.3. The third-order valence-corrected chi connectivity index (χ3v) is 1.11. The van der Waals surface area contributed by atoms with Crippen LogP contribution in [0.4, 0.5) is 0 Å². The summed E-state index contributed by atoms with van der Waals surface area (Å²) in [4.78, 5) is 0. The normalized spacial score (nSPS) is 11.6. The molecule has 1 radical (unpaired) electrons. The largest absolute Gasteiger partial charge is 0.509 e. The number of allylic oxidation sites excluding steroid dienone is 2. The molecule has 2 N–H and O–H groups in total. The van der Waals surface area contributed by atoms with Gasteiger partial charge in [0.1, 0.15) is 5.76 Å². The number of hydrogen-bond donors (Lipinski definition) is 2. The lowest BCUT2D eigenvalue weighted by Crippen LogP contribution is -1.97. The van der Waals surface area contributed by atoms with Crippen molar-refractivity contribution in [2.75, 3.05) is 0 Å². The fourth-order valence-corrected chi connectivity index (χ4v) is 0.554. The monoisotopic (exact) mass is 153 g/mol. The van der Waals surface area contributed by atoms with Crippen molar-refractivity contribution >= 4 is 0 Å². The van der Waals surface area contributed by atoms with E-state index in [9.17, 15) is 0 Å². The fraction of sp³-hybridized carbons (Fsp3) is 0.222. The van der Waals surface area contributed by atoms with Gasteiger partial charge in [0.25, 0.3) is 0 Å². The van der Waals surface area contributed by atoms with Crippen molar-refractivity contribution < 1.29 is 10.2 Å². The molecule has 0 fully saturated rings. The van der Waals surface area contributed by atoms with Crippen LogP contribution in [0.25, 0.3) is 0 Å². The molecule has 0 saturated carbocycles. The standard InChI is InChI=1S/C9H13O2/c1-3-5-7-9(11)8(10)6-4-2/h3-4,7,10-11H,1-2,5-6H2. The summed E-state index contributed by atoms with van der Waals surface area (Å²) >= 11 is 0. The van der Waals surface area contributed by atoms with Gasteiger partial charge in [0.05, 0.1) is 0 Å². The fourth-order valence-electron chi connectivity index (χ4n) is 0.554. The van der Waals surface area contributed by atoms with Crippen molar-refractivity contribution in [2.24, 2.45) is 0 Å². The second-order valence-electron chi connectivity index (χ2n) is 2.05. The molecule has 0 aliphatic heterocycles. The second kappa shape index (κ2) is 5.74. The van der Waals surface area contributed by atoms with E-state index >= 15 is 0 Å². The minimum Gasteiger partial charge on any atom is -0.509 e. The van der Waals surface area contributed by atoms with Gasteiger partial charge in [0.2, 0.25) is 0 Å². The molecule has 0 aliphatic carbocycles. The van der Waals surface area contributed by atoms with Crippen LogP contribution in [-0.4, -0.2) is 10.2 Å². The van der Waals surface area contributed by atoms with E-state index in [-0.39, 0.29) is 11.9 Å². The van der Waals surface area contributed by atoms with Crippen LogP contribution in [-0.2, 0) is 0 Å². The van der Waals surface area contributed by atoms with Gasteiger partial charge in [-0.15, -0.1) is 13.2 Å². The molecule has 0 unspecified atom stereocenters. The summed E-state index contributed by atoms with van der Waals surface area (Å²) in [5, 5.41) is 18.1. The molecule has 0 rings (SSSR count). The zero-order valence-corrected chi connectivity index (χ0v) is 6.45. The van der Waals surface area contributed by atoms with Crippen LogP contribution in [0.3, 0.4) is 0 Å². The molecule has 0 bridgehead atoms. The second-order valence-corrected chi connectivity index (χ2v) is 2.05. The highest BCUT2D eigenvalue weighted by molar-refractivity contribution is 5.13. The summed E-state index contributed by atoms with van der Waals surface area (Å²) in [6.07, 6.45) is 5.44. The summed E-state index contributed by atoms with van der Waals surface area (Å²) < 4.78 is 0. The van der Waals surface area contributed by atoms with Gasteiger partial charge < -0.3 is 10.2 Å². The van der Waals surface area contributed by atoms with Gasteiger partial charge in [-0.2, -0.15) is 0 Å². The summed E-state index contributed by atoms with van der Waals surface area (Å²) in [6, 6.07) is 0. The molecule has 11 heavy (non-hydrogen) atoms. The molecular weight excluding hydrogens is 140 g/mol. The van der Waals surface area contributed by atoms with Crippen molar-refractivity contribution in [3.8, 4) is 0 Å². The van der Waals surface area contributed by atoms with Crippen LogP contribution in [0.1, 0.15) is 12.8 Å². The molecule has 0 spiro atoms. The molecule has 0 saturated heterocycles. The Kier molecular flexibility index (Phi) is 5.21. The molecule has 0 aromatic heterocycles. The van der Waals surface area contributed by atoms with Crippen molar-refractivity contribution in [1.82, 2.24) is 0 Å². The predicted molar refractivity (Wildman–Crippen MR) is 45.5 cm³/mol. The number of hydrogen-bond acceptors (Lipinski definition) is 2. The van der Waals surface area contributed by atoms with E-state index in [2.05, 4.69) is 13.2 Å². The Labute approximate surface area is 67.2 Å². The van der Waals surface area contributed by atoms with Gasteiger partial charge in [-0.3, -0.25) is 0 Å². The molecule has 2 heteroatoms. The molecule has 0 aliphatic rings. The first kappa shape index (κ1) is 9.98. The summed E-state index contributed by atoms with van der Waals surface area (Å²) in [6.45, 7) is 6.90. The van der Waals surface area contributed by atoms with Crippen LogP contribution in [0.15, 0.2) is 37.1 Å². The first-order valence-corrected chi connectivity index (χ1v) is 3.38. The van der Waals surface area contributed by atoms with Crippen molar-refractivity contribution in [2.45, 2.75) is 12.8 Å². The maximum absolute atomic E-state index is 9.06. The number of rotatable bonds is 5. The Morgan fingerprint density at radius 2 is 1.82 bits per heavy atom. The van der Waals surface area contributed by atoms with Crippen LogP contribution in [0, 0.1) is 6.10 Å². The van der Waals surface area contributed by atoms with Crippen molar-refractivity contribution in [3.05, 3.63) is 43.2 Å². The van der Waals surface area contributed by atoms with Crippen LogP contribution >= 0.6 is 0 Å². The van der Waals surface area contributed by atoms with E-state index in [0.29, 0.717) is 12.8 Å². The van der Waals surface area contributed by atoms with Crippen molar-refractivity contribution in [1.29, 1.82) is 0 Å². The van der Waals surface area contributed by atoms with Gasteiger partial charge in [-0.1, -0.05) is 12.2 Å². The predicted octanol–water partition coefficient (Wildman–Crippen LogP) is 2.48. The number of aliphatic hydroxyl groups is 2. The van der Waals surface area contributed by atoms with E-state index in [1.807, 2.05) is 0 Å². The Balaban J connectivity index is 3.87. The molecule has 0 aromatic rings. The molecular formula is C9H13O2. The summed E-state index contributed by atoms with van der Waals surface area (Å²) in [5.74, 6) is -0.0928. The van der Waals surface area contributed by atoms with Gasteiger partial charge in [0, 0.05) is 6.42 Å². The minimum atomic E-state index is -0.0928. The molecule has 0 heterocycles. The zero-order chi connectivity index (χ0) is 8.69. The van der Waals surface area contributed by atoms with Crippen LogP contribution < -0.4 is 0 Å². The average Bonchev–Trinajstić information content (AvgIpc) is 2.00. The quantitative estimate of drug-likeness (QED) is 0.470. The topological polar surface area (TPSA) is 40.5 Å².